The average Bonchev–Trinajstić information content (AvgIpc) is 2.91. The predicted molar refractivity (Wildman–Crippen MR) is 107 cm³/mol. The van der Waals surface area contributed by atoms with Gasteiger partial charge in [-0.1, -0.05) is 41.9 Å². The summed E-state index contributed by atoms with van der Waals surface area (Å²) in [6, 6.07) is 17.4. The van der Waals surface area contributed by atoms with Crippen molar-refractivity contribution in [2.75, 3.05) is 20.2 Å². The summed E-state index contributed by atoms with van der Waals surface area (Å²) in [5.74, 6) is 1.63. The van der Waals surface area contributed by atoms with Crippen molar-refractivity contribution in [3.8, 4) is 17.1 Å². The molecule has 7 heteroatoms. The van der Waals surface area contributed by atoms with Crippen LogP contribution >= 0.6 is 23.8 Å². The maximum atomic E-state index is 6.30. The first kappa shape index (κ1) is 18.6. The van der Waals surface area contributed by atoms with E-state index >= 15 is 0 Å². The van der Waals surface area contributed by atoms with Crippen molar-refractivity contribution < 1.29 is 4.74 Å². The third-order valence-electron chi connectivity index (χ3n) is 4.02. The smallest absolute Gasteiger partial charge is 0.199 e. The van der Waals surface area contributed by atoms with Crippen LogP contribution in [0.2, 0.25) is 5.02 Å². The summed E-state index contributed by atoms with van der Waals surface area (Å²) in [6.45, 7) is 1.93. The van der Waals surface area contributed by atoms with Crippen molar-refractivity contribution in [3.05, 3.63) is 64.4 Å². The Labute approximate surface area is 163 Å². The highest BCUT2D eigenvalue weighted by atomic mass is 35.5. The van der Waals surface area contributed by atoms with Crippen molar-refractivity contribution in [3.63, 3.8) is 0 Å². The van der Waals surface area contributed by atoms with E-state index in [0.717, 1.165) is 23.7 Å². The minimum Gasteiger partial charge on any atom is -0.492 e. The van der Waals surface area contributed by atoms with E-state index in [2.05, 4.69) is 10.00 Å². The molecule has 0 unspecified atom stereocenters. The van der Waals surface area contributed by atoms with Crippen LogP contribution in [0.5, 0.6) is 5.75 Å². The fourth-order valence-corrected chi connectivity index (χ4v) is 3.00. The Morgan fingerprint density at radius 2 is 1.81 bits per heavy atom. The monoisotopic (exact) mass is 388 g/mol. The molecule has 0 bridgehead atoms. The van der Waals surface area contributed by atoms with Gasteiger partial charge in [0.15, 0.2) is 10.6 Å². The van der Waals surface area contributed by atoms with Gasteiger partial charge in [0.25, 0.3) is 0 Å². The Morgan fingerprint density at radius 3 is 2.54 bits per heavy atom. The highest BCUT2D eigenvalue weighted by Gasteiger charge is 2.13. The second-order valence-corrected chi connectivity index (χ2v) is 6.80. The van der Waals surface area contributed by atoms with E-state index in [0.29, 0.717) is 23.1 Å². The molecule has 0 amide bonds. The number of rotatable bonds is 7. The molecular formula is C19H21ClN4OS. The molecule has 136 valence electrons. The highest BCUT2D eigenvalue weighted by Crippen LogP contribution is 2.25. The maximum Gasteiger partial charge on any atom is 0.199 e. The van der Waals surface area contributed by atoms with E-state index in [4.69, 9.17) is 28.6 Å². The fourth-order valence-electron chi connectivity index (χ4n) is 2.59. The van der Waals surface area contributed by atoms with Crippen LogP contribution < -0.4 is 4.74 Å². The van der Waals surface area contributed by atoms with Crippen LogP contribution in [-0.2, 0) is 13.7 Å². The van der Waals surface area contributed by atoms with Crippen molar-refractivity contribution in [2.24, 2.45) is 7.05 Å². The number of para-hydroxylation sites is 1. The van der Waals surface area contributed by atoms with Gasteiger partial charge in [-0.25, -0.2) is 4.68 Å². The second kappa shape index (κ2) is 8.49. The third kappa shape index (κ3) is 4.33. The number of halogens is 1. The molecule has 0 saturated carbocycles. The lowest BCUT2D eigenvalue weighted by atomic mass is 10.2. The molecule has 5 nitrogen and oxygen atoms in total. The minimum atomic E-state index is 0.579. The number of benzene rings is 2. The van der Waals surface area contributed by atoms with Gasteiger partial charge in [0.2, 0.25) is 0 Å². The maximum absolute atomic E-state index is 6.30. The third-order valence-corrected chi connectivity index (χ3v) is 4.83. The summed E-state index contributed by atoms with van der Waals surface area (Å²) >= 11 is 11.8. The number of hydrogen-bond donors (Lipinski definition) is 0. The average molecular weight is 389 g/mol. The van der Waals surface area contributed by atoms with E-state index in [9.17, 15) is 0 Å². The molecule has 0 spiro atoms. The van der Waals surface area contributed by atoms with Crippen LogP contribution in [0, 0.1) is 4.77 Å². The zero-order valence-corrected chi connectivity index (χ0v) is 16.4. The zero-order valence-electron chi connectivity index (χ0n) is 14.8. The van der Waals surface area contributed by atoms with Crippen molar-refractivity contribution >= 4 is 23.8 Å². The largest absolute Gasteiger partial charge is 0.492 e. The zero-order chi connectivity index (χ0) is 18.5. The summed E-state index contributed by atoms with van der Waals surface area (Å²) in [7, 11) is 3.92. The normalized spacial score (nSPS) is 11.1. The molecule has 0 saturated heterocycles. The molecule has 1 aromatic heterocycles. The van der Waals surface area contributed by atoms with Crippen LogP contribution in [0.15, 0.2) is 54.6 Å². The Balaban J connectivity index is 1.65. The van der Waals surface area contributed by atoms with Crippen LogP contribution in [-0.4, -0.2) is 39.4 Å². The Kier molecular flexibility index (Phi) is 6.08. The first-order chi connectivity index (χ1) is 12.6. The minimum absolute atomic E-state index is 0.579. The summed E-state index contributed by atoms with van der Waals surface area (Å²) in [5, 5.41) is 5.31. The van der Waals surface area contributed by atoms with Gasteiger partial charge in [-0.05, 0) is 43.5 Å². The predicted octanol–water partition coefficient (Wildman–Crippen LogP) is 4.24. The summed E-state index contributed by atoms with van der Waals surface area (Å²) in [5.41, 5.74) is 0.872. The van der Waals surface area contributed by atoms with Crippen molar-refractivity contribution in [1.29, 1.82) is 0 Å². The number of likely N-dealkylation sites (N-methyl/N-ethyl adjacent to an activating group) is 1. The number of nitrogens with zero attached hydrogens (tertiary/aromatic N) is 4. The Bertz CT molecular complexity index is 923. The van der Waals surface area contributed by atoms with Gasteiger partial charge in [-0.15, -0.1) is 0 Å². The van der Waals surface area contributed by atoms with Gasteiger partial charge in [-0.2, -0.15) is 5.10 Å². The number of hydrogen-bond acceptors (Lipinski definition) is 4. The lowest BCUT2D eigenvalue weighted by Gasteiger charge is -2.16. The summed E-state index contributed by atoms with van der Waals surface area (Å²) in [6.07, 6.45) is 0. The summed E-state index contributed by atoms with van der Waals surface area (Å²) < 4.78 is 10.1. The van der Waals surface area contributed by atoms with E-state index < -0.39 is 0 Å². The van der Waals surface area contributed by atoms with Gasteiger partial charge in [0.1, 0.15) is 12.4 Å². The molecule has 0 atom stereocenters. The SMILES string of the molecule is CN(CCOc1ccccc1)Cn1nc(-c2ccccc2Cl)n(C)c1=S. The van der Waals surface area contributed by atoms with Crippen molar-refractivity contribution in [1.82, 2.24) is 19.2 Å². The van der Waals surface area contributed by atoms with Crippen LogP contribution in [0.1, 0.15) is 0 Å². The number of ether oxygens (including phenoxy) is 1. The molecule has 1 heterocycles. The van der Waals surface area contributed by atoms with Gasteiger partial charge in [0.05, 0.1) is 11.7 Å². The van der Waals surface area contributed by atoms with Crippen LogP contribution in [0.4, 0.5) is 0 Å². The lowest BCUT2D eigenvalue weighted by Crippen LogP contribution is -2.27. The molecule has 0 aliphatic rings. The molecule has 0 aliphatic heterocycles. The molecule has 26 heavy (non-hydrogen) atoms. The van der Waals surface area contributed by atoms with Gasteiger partial charge >= 0.3 is 0 Å². The number of aromatic nitrogens is 3. The van der Waals surface area contributed by atoms with Gasteiger partial charge < -0.3 is 9.30 Å². The van der Waals surface area contributed by atoms with E-state index in [1.165, 1.54) is 0 Å². The van der Waals surface area contributed by atoms with Gasteiger partial charge in [-0.3, -0.25) is 4.90 Å². The molecule has 3 rings (SSSR count). The molecule has 2 aromatic carbocycles. The Morgan fingerprint density at radius 1 is 1.12 bits per heavy atom. The first-order valence-electron chi connectivity index (χ1n) is 8.31. The fraction of sp³-hybridized carbons (Fsp3) is 0.263. The van der Waals surface area contributed by atoms with E-state index in [-0.39, 0.29) is 0 Å². The first-order valence-corrected chi connectivity index (χ1v) is 9.10. The molecule has 0 radical (unpaired) electrons. The quantitative estimate of drug-likeness (QED) is 0.567. The topological polar surface area (TPSA) is 35.2 Å². The van der Waals surface area contributed by atoms with Crippen molar-refractivity contribution in [2.45, 2.75) is 6.67 Å². The molecular weight excluding hydrogens is 368 g/mol. The molecule has 0 fully saturated rings. The summed E-state index contributed by atoms with van der Waals surface area (Å²) in [4.78, 5) is 2.11. The van der Waals surface area contributed by atoms with Crippen LogP contribution in [0.25, 0.3) is 11.4 Å². The highest BCUT2D eigenvalue weighted by molar-refractivity contribution is 7.71. The second-order valence-electron chi connectivity index (χ2n) is 6.03. The van der Waals surface area contributed by atoms with Crippen LogP contribution in [0.3, 0.4) is 0 Å². The molecule has 0 N–H and O–H groups in total. The standard InChI is InChI=1S/C19H21ClN4OS/c1-22(12-13-25-15-8-4-3-5-9-15)14-24-19(26)23(2)18(21-24)16-10-6-7-11-17(16)20/h3-11H,12-14H2,1-2H3. The molecule has 0 aliphatic carbocycles. The molecule has 3 aromatic rings. The van der Waals surface area contributed by atoms with E-state index in [1.807, 2.05) is 73.3 Å². The lowest BCUT2D eigenvalue weighted by molar-refractivity contribution is 0.198. The van der Waals surface area contributed by atoms with Gasteiger partial charge in [0, 0.05) is 19.2 Å². The Hall–Kier alpha value is -2.15. The van der Waals surface area contributed by atoms with E-state index in [1.54, 1.807) is 4.68 Å².